The van der Waals surface area contributed by atoms with Crippen LogP contribution in [0, 0.1) is 0 Å². The van der Waals surface area contributed by atoms with Gasteiger partial charge in [-0.1, -0.05) is 29.8 Å². The van der Waals surface area contributed by atoms with E-state index in [0.717, 1.165) is 24.1 Å². The molecule has 2 aromatic rings. The second-order valence-electron chi connectivity index (χ2n) is 6.22. The van der Waals surface area contributed by atoms with E-state index < -0.39 is 10.0 Å². The van der Waals surface area contributed by atoms with Crippen molar-refractivity contribution in [3.63, 3.8) is 0 Å². The van der Waals surface area contributed by atoms with Crippen LogP contribution in [0.4, 0.5) is 5.69 Å². The molecule has 6 heteroatoms. The molecule has 3 rings (SSSR count). The lowest BCUT2D eigenvalue weighted by Gasteiger charge is -2.25. The van der Waals surface area contributed by atoms with Gasteiger partial charge in [0.05, 0.1) is 10.9 Å². The molecule has 4 nitrogen and oxygen atoms in total. The predicted molar refractivity (Wildman–Crippen MR) is 98.1 cm³/mol. The number of nitrogens with zero attached hydrogens (tertiary/aromatic N) is 2. The van der Waals surface area contributed by atoms with Crippen molar-refractivity contribution < 1.29 is 8.42 Å². The lowest BCUT2D eigenvalue weighted by Crippen LogP contribution is -2.30. The molecule has 1 aliphatic heterocycles. The molecular formula is C18H21ClN2O2S. The number of halogens is 1. The van der Waals surface area contributed by atoms with Gasteiger partial charge in [0, 0.05) is 31.4 Å². The molecule has 0 N–H and O–H groups in total. The van der Waals surface area contributed by atoms with Gasteiger partial charge in [0.25, 0.3) is 0 Å². The van der Waals surface area contributed by atoms with Crippen molar-refractivity contribution in [1.29, 1.82) is 0 Å². The molecule has 128 valence electrons. The molecule has 1 unspecified atom stereocenters. The average molecular weight is 365 g/mol. The predicted octanol–water partition coefficient (Wildman–Crippen LogP) is 3.93. The van der Waals surface area contributed by atoms with Crippen molar-refractivity contribution in [2.75, 3.05) is 25.5 Å². The van der Waals surface area contributed by atoms with E-state index in [1.807, 2.05) is 37.2 Å². The van der Waals surface area contributed by atoms with Gasteiger partial charge in [0.1, 0.15) is 0 Å². The molecule has 0 aromatic heterocycles. The maximum absolute atomic E-state index is 13.0. The van der Waals surface area contributed by atoms with Gasteiger partial charge in [-0.15, -0.1) is 0 Å². The topological polar surface area (TPSA) is 40.6 Å². The van der Waals surface area contributed by atoms with Crippen LogP contribution in [0.25, 0.3) is 0 Å². The van der Waals surface area contributed by atoms with E-state index in [4.69, 9.17) is 11.6 Å². The molecule has 1 fully saturated rings. The van der Waals surface area contributed by atoms with Crippen LogP contribution in [0.3, 0.4) is 0 Å². The van der Waals surface area contributed by atoms with Gasteiger partial charge >= 0.3 is 0 Å². The first-order chi connectivity index (χ1) is 11.4. The van der Waals surface area contributed by atoms with Crippen LogP contribution in [-0.4, -0.2) is 33.4 Å². The van der Waals surface area contributed by atoms with Crippen LogP contribution in [0.1, 0.15) is 24.4 Å². The Hall–Kier alpha value is -1.56. The van der Waals surface area contributed by atoms with E-state index in [-0.39, 0.29) is 10.9 Å². The molecule has 0 spiro atoms. The van der Waals surface area contributed by atoms with Crippen molar-refractivity contribution in [3.05, 3.63) is 59.1 Å². The monoisotopic (exact) mass is 364 g/mol. The first-order valence-corrected chi connectivity index (χ1v) is 9.76. The highest BCUT2D eigenvalue weighted by Gasteiger charge is 2.36. The fourth-order valence-electron chi connectivity index (χ4n) is 3.13. The van der Waals surface area contributed by atoms with Gasteiger partial charge in [-0.25, -0.2) is 8.42 Å². The van der Waals surface area contributed by atoms with Crippen LogP contribution in [0.5, 0.6) is 0 Å². The molecule has 0 radical (unpaired) electrons. The van der Waals surface area contributed by atoms with Gasteiger partial charge in [-0.05, 0) is 48.7 Å². The van der Waals surface area contributed by atoms with Crippen molar-refractivity contribution in [3.8, 4) is 0 Å². The molecule has 1 aliphatic rings. The highest BCUT2D eigenvalue weighted by atomic mass is 35.5. The molecule has 0 aliphatic carbocycles. The molecule has 2 aromatic carbocycles. The van der Waals surface area contributed by atoms with E-state index in [9.17, 15) is 8.42 Å². The van der Waals surface area contributed by atoms with Crippen LogP contribution in [0.2, 0.25) is 5.02 Å². The Kier molecular flexibility index (Phi) is 4.85. The number of hydrogen-bond donors (Lipinski definition) is 0. The molecule has 1 saturated heterocycles. The number of anilines is 1. The third kappa shape index (κ3) is 3.29. The van der Waals surface area contributed by atoms with Gasteiger partial charge in [0.2, 0.25) is 10.0 Å². The van der Waals surface area contributed by atoms with Crippen LogP contribution in [0.15, 0.2) is 53.4 Å². The molecule has 0 saturated carbocycles. The summed E-state index contributed by atoms with van der Waals surface area (Å²) in [5.41, 5.74) is 2.10. The molecule has 1 atom stereocenters. The summed E-state index contributed by atoms with van der Waals surface area (Å²) in [4.78, 5) is 2.28. The van der Waals surface area contributed by atoms with E-state index >= 15 is 0 Å². The van der Waals surface area contributed by atoms with Crippen molar-refractivity contribution in [2.45, 2.75) is 23.8 Å². The number of sulfonamides is 1. The minimum atomic E-state index is -3.56. The SMILES string of the molecule is CN(C)c1cccc(C2CCCN2S(=O)(=O)c2cccc(Cl)c2)c1. The summed E-state index contributed by atoms with van der Waals surface area (Å²) in [6, 6.07) is 14.4. The van der Waals surface area contributed by atoms with Crippen molar-refractivity contribution in [2.24, 2.45) is 0 Å². The molecule has 0 bridgehead atoms. The molecule has 24 heavy (non-hydrogen) atoms. The minimum absolute atomic E-state index is 0.131. The second-order valence-corrected chi connectivity index (χ2v) is 8.55. The Balaban J connectivity index is 1.97. The zero-order valence-corrected chi connectivity index (χ0v) is 15.4. The van der Waals surface area contributed by atoms with Crippen LogP contribution in [-0.2, 0) is 10.0 Å². The molecule has 0 amide bonds. The van der Waals surface area contributed by atoms with Crippen LogP contribution < -0.4 is 4.90 Å². The highest BCUT2D eigenvalue weighted by Crippen LogP contribution is 2.37. The van der Waals surface area contributed by atoms with E-state index in [1.54, 1.807) is 22.5 Å². The lowest BCUT2D eigenvalue weighted by atomic mass is 10.0. The van der Waals surface area contributed by atoms with E-state index in [0.29, 0.717) is 11.6 Å². The first-order valence-electron chi connectivity index (χ1n) is 7.94. The van der Waals surface area contributed by atoms with Gasteiger partial charge < -0.3 is 4.90 Å². The number of hydrogen-bond acceptors (Lipinski definition) is 3. The van der Waals surface area contributed by atoms with Crippen LogP contribution >= 0.6 is 11.6 Å². The quantitative estimate of drug-likeness (QED) is 0.825. The summed E-state index contributed by atoms with van der Waals surface area (Å²) in [5, 5.41) is 0.432. The fourth-order valence-corrected chi connectivity index (χ4v) is 5.12. The van der Waals surface area contributed by atoms with Gasteiger partial charge in [-0.3, -0.25) is 0 Å². The van der Waals surface area contributed by atoms with E-state index in [1.165, 1.54) is 6.07 Å². The van der Waals surface area contributed by atoms with Crippen molar-refractivity contribution in [1.82, 2.24) is 4.31 Å². The Morgan fingerprint density at radius 2 is 1.88 bits per heavy atom. The van der Waals surface area contributed by atoms with E-state index in [2.05, 4.69) is 6.07 Å². The van der Waals surface area contributed by atoms with Gasteiger partial charge in [0.15, 0.2) is 0 Å². The Morgan fingerprint density at radius 3 is 2.58 bits per heavy atom. The lowest BCUT2D eigenvalue weighted by molar-refractivity contribution is 0.397. The zero-order chi connectivity index (χ0) is 17.3. The fraction of sp³-hybridized carbons (Fsp3) is 0.333. The zero-order valence-electron chi connectivity index (χ0n) is 13.8. The standard InChI is InChI=1S/C18H21ClN2O2S/c1-20(2)16-8-3-6-14(12-16)18-10-5-11-21(18)24(22,23)17-9-4-7-15(19)13-17/h3-4,6-9,12-13,18H,5,10-11H2,1-2H3. The Morgan fingerprint density at radius 1 is 1.12 bits per heavy atom. The Bertz CT molecular complexity index is 836. The average Bonchev–Trinajstić information content (AvgIpc) is 3.05. The van der Waals surface area contributed by atoms with Gasteiger partial charge in [-0.2, -0.15) is 4.31 Å². The Labute approximate surface area is 148 Å². The minimum Gasteiger partial charge on any atom is -0.378 e. The third-order valence-electron chi connectivity index (χ3n) is 4.38. The maximum Gasteiger partial charge on any atom is 0.243 e. The summed E-state index contributed by atoms with van der Waals surface area (Å²) in [5.74, 6) is 0. The maximum atomic E-state index is 13.0. The molecule has 1 heterocycles. The smallest absolute Gasteiger partial charge is 0.243 e. The second kappa shape index (κ2) is 6.75. The summed E-state index contributed by atoms with van der Waals surface area (Å²) < 4.78 is 27.7. The third-order valence-corrected chi connectivity index (χ3v) is 6.52. The summed E-state index contributed by atoms with van der Waals surface area (Å²) in [6.07, 6.45) is 1.69. The largest absolute Gasteiger partial charge is 0.378 e. The normalized spacial score (nSPS) is 18.7. The van der Waals surface area contributed by atoms with Crippen molar-refractivity contribution >= 4 is 27.3 Å². The number of rotatable bonds is 4. The highest BCUT2D eigenvalue weighted by molar-refractivity contribution is 7.89. The first kappa shape index (κ1) is 17.3. The summed E-state index contributed by atoms with van der Waals surface area (Å²) in [6.45, 7) is 0.533. The summed E-state index contributed by atoms with van der Waals surface area (Å²) in [7, 11) is 0.404. The molecular weight excluding hydrogens is 344 g/mol. The number of benzene rings is 2. The summed E-state index contributed by atoms with van der Waals surface area (Å²) >= 11 is 5.98.